The summed E-state index contributed by atoms with van der Waals surface area (Å²) in [5.74, 6) is 0. The average Bonchev–Trinajstić information content (AvgIpc) is 3.40. The summed E-state index contributed by atoms with van der Waals surface area (Å²) < 4.78 is 7.72. The number of pyridine rings is 1. The lowest BCUT2D eigenvalue weighted by Gasteiger charge is -2.25. The molecule has 0 spiro atoms. The fraction of sp³-hybridized carbons (Fsp3) is 0.194. The number of rotatable bonds is 2. The first-order valence-corrected chi connectivity index (χ1v) is 12.6. The molecule has 3 heteroatoms. The molecule has 0 aliphatic carbocycles. The van der Waals surface area contributed by atoms with Crippen LogP contribution >= 0.6 is 11.3 Å². The molecule has 0 radical (unpaired) electrons. The predicted molar refractivity (Wildman–Crippen MR) is 146 cm³/mol. The van der Waals surface area contributed by atoms with Gasteiger partial charge in [-0.15, -0.1) is 11.3 Å². The number of nitrogens with zero attached hydrogens (tertiary/aromatic N) is 1. The van der Waals surface area contributed by atoms with Gasteiger partial charge >= 0.3 is 0 Å². The second-order valence-corrected chi connectivity index (χ2v) is 11.2. The number of hydrogen-bond donors (Lipinski definition) is 0. The van der Waals surface area contributed by atoms with E-state index in [0.29, 0.717) is 0 Å². The third kappa shape index (κ3) is 3.26. The van der Waals surface area contributed by atoms with Gasteiger partial charge in [0.25, 0.3) is 0 Å². The number of hydrogen-bond acceptors (Lipinski definition) is 3. The fourth-order valence-corrected chi connectivity index (χ4v) is 5.90. The van der Waals surface area contributed by atoms with Gasteiger partial charge in [0.05, 0.1) is 5.69 Å². The van der Waals surface area contributed by atoms with Gasteiger partial charge in [-0.25, -0.2) is 0 Å². The number of aryl methyl sites for hydroxylation is 2. The zero-order chi connectivity index (χ0) is 23.6. The first kappa shape index (κ1) is 21.1. The highest BCUT2D eigenvalue weighted by molar-refractivity contribution is 7.17. The average molecular weight is 462 g/mol. The fourth-order valence-electron chi connectivity index (χ4n) is 5.10. The maximum atomic E-state index is 6.47. The van der Waals surface area contributed by atoms with Crippen LogP contribution in [-0.4, -0.2) is 4.98 Å². The highest BCUT2D eigenvalue weighted by atomic mass is 32.1. The van der Waals surface area contributed by atoms with Crippen LogP contribution in [0, 0.1) is 13.8 Å². The number of fused-ring (bicyclic) bond motifs is 4. The van der Waals surface area contributed by atoms with Crippen molar-refractivity contribution in [3.63, 3.8) is 0 Å². The Hall–Kier alpha value is -3.43. The van der Waals surface area contributed by atoms with Crippen LogP contribution < -0.4 is 0 Å². The van der Waals surface area contributed by atoms with Gasteiger partial charge in [0.1, 0.15) is 11.2 Å². The molecule has 3 heterocycles. The van der Waals surface area contributed by atoms with E-state index >= 15 is 0 Å². The van der Waals surface area contributed by atoms with Crippen LogP contribution in [0.25, 0.3) is 54.4 Å². The highest BCUT2D eigenvalue weighted by Crippen LogP contribution is 2.41. The van der Waals surface area contributed by atoms with E-state index in [9.17, 15) is 0 Å². The smallest absolute Gasteiger partial charge is 0.144 e. The summed E-state index contributed by atoms with van der Waals surface area (Å²) >= 11 is 1.75. The Kier molecular flexibility index (Phi) is 4.69. The molecule has 0 atom stereocenters. The summed E-state index contributed by atoms with van der Waals surface area (Å²) in [4.78, 5) is 4.97. The molecule has 0 bridgehead atoms. The molecule has 2 nitrogen and oxygen atoms in total. The summed E-state index contributed by atoms with van der Waals surface area (Å²) in [5, 5.41) is 5.68. The second kappa shape index (κ2) is 7.54. The van der Waals surface area contributed by atoms with Crippen LogP contribution in [0.3, 0.4) is 0 Å². The summed E-state index contributed by atoms with van der Waals surface area (Å²) in [5.41, 5.74) is 10.2. The van der Waals surface area contributed by atoms with Gasteiger partial charge in [0, 0.05) is 27.2 Å². The van der Waals surface area contributed by atoms with Gasteiger partial charge in [0.15, 0.2) is 0 Å². The standard InChI is InChI=1S/C31H27NOS/c1-18-8-6-9-19(2)29(18)24-15-26(32-17-25(24)31(3,4)5)22-11-7-10-21-23-14-20-12-13-34-28(20)16-27(23)33-30(21)22/h6-17H,1-5H3. The normalized spacial score (nSPS) is 12.3. The van der Waals surface area contributed by atoms with Crippen LogP contribution in [0.2, 0.25) is 0 Å². The molecule has 34 heavy (non-hydrogen) atoms. The van der Waals surface area contributed by atoms with Gasteiger partial charge in [0.2, 0.25) is 0 Å². The molecule has 0 unspecified atom stereocenters. The van der Waals surface area contributed by atoms with Crippen molar-refractivity contribution < 1.29 is 4.42 Å². The van der Waals surface area contributed by atoms with Crippen LogP contribution in [0.15, 0.2) is 76.7 Å². The molecule has 168 valence electrons. The quantitative estimate of drug-likeness (QED) is 0.257. The molecule has 0 saturated carbocycles. The molecular weight excluding hydrogens is 434 g/mol. The molecule has 0 aliphatic rings. The Labute approximate surface area is 203 Å². The van der Waals surface area contributed by atoms with E-state index in [0.717, 1.165) is 33.2 Å². The van der Waals surface area contributed by atoms with Crippen molar-refractivity contribution in [2.45, 2.75) is 40.0 Å². The monoisotopic (exact) mass is 461 g/mol. The van der Waals surface area contributed by atoms with Crippen molar-refractivity contribution in [3.8, 4) is 22.4 Å². The first-order valence-electron chi connectivity index (χ1n) is 11.7. The Morgan fingerprint density at radius 1 is 0.824 bits per heavy atom. The van der Waals surface area contributed by atoms with Crippen LogP contribution in [-0.2, 0) is 5.41 Å². The van der Waals surface area contributed by atoms with E-state index in [2.05, 4.69) is 107 Å². The molecule has 6 aromatic rings. The molecule has 3 aromatic heterocycles. The van der Waals surface area contributed by atoms with Crippen molar-refractivity contribution in [3.05, 3.63) is 88.9 Å². The zero-order valence-electron chi connectivity index (χ0n) is 20.2. The lowest BCUT2D eigenvalue weighted by molar-refractivity contribution is 0.589. The minimum atomic E-state index is -0.0211. The number of thiophene rings is 1. The van der Waals surface area contributed by atoms with E-state index in [4.69, 9.17) is 9.40 Å². The van der Waals surface area contributed by atoms with Gasteiger partial charge in [-0.05, 0) is 88.2 Å². The molecule has 0 fully saturated rings. The van der Waals surface area contributed by atoms with Gasteiger partial charge in [-0.2, -0.15) is 0 Å². The Morgan fingerprint density at radius 3 is 2.35 bits per heavy atom. The topological polar surface area (TPSA) is 26.0 Å². The molecule has 0 aliphatic heterocycles. The van der Waals surface area contributed by atoms with Gasteiger partial charge in [-0.1, -0.05) is 51.1 Å². The van der Waals surface area contributed by atoms with Crippen molar-refractivity contribution >= 4 is 43.4 Å². The molecule has 0 N–H and O–H groups in total. The van der Waals surface area contributed by atoms with Crippen molar-refractivity contribution in [1.82, 2.24) is 4.98 Å². The predicted octanol–water partition coefficient (Wildman–Crippen LogP) is 9.44. The van der Waals surface area contributed by atoms with Crippen LogP contribution in [0.4, 0.5) is 0 Å². The summed E-state index contributed by atoms with van der Waals surface area (Å²) in [6.07, 6.45) is 2.06. The van der Waals surface area contributed by atoms with Gasteiger partial charge < -0.3 is 4.42 Å². The maximum Gasteiger partial charge on any atom is 0.144 e. The SMILES string of the molecule is Cc1cccc(C)c1-c1cc(-c2cccc3c2oc2cc4sccc4cc23)ncc1C(C)(C)C. The summed E-state index contributed by atoms with van der Waals surface area (Å²) in [6.45, 7) is 11.2. The molecule has 0 saturated heterocycles. The van der Waals surface area contributed by atoms with Crippen molar-refractivity contribution in [2.75, 3.05) is 0 Å². The zero-order valence-corrected chi connectivity index (χ0v) is 21.0. The van der Waals surface area contributed by atoms with E-state index in [1.807, 2.05) is 0 Å². The van der Waals surface area contributed by atoms with E-state index in [1.165, 1.54) is 37.9 Å². The van der Waals surface area contributed by atoms with Gasteiger partial charge in [-0.3, -0.25) is 4.98 Å². The second-order valence-electron chi connectivity index (χ2n) is 10.2. The van der Waals surface area contributed by atoms with Crippen LogP contribution in [0.5, 0.6) is 0 Å². The van der Waals surface area contributed by atoms with Crippen LogP contribution in [0.1, 0.15) is 37.5 Å². The minimum Gasteiger partial charge on any atom is -0.455 e. The number of para-hydroxylation sites is 1. The lowest BCUT2D eigenvalue weighted by atomic mass is 9.80. The Bertz CT molecular complexity index is 1690. The third-order valence-electron chi connectivity index (χ3n) is 6.81. The summed E-state index contributed by atoms with van der Waals surface area (Å²) in [6, 6.07) is 21.8. The number of aromatic nitrogens is 1. The lowest BCUT2D eigenvalue weighted by Crippen LogP contribution is -2.14. The Morgan fingerprint density at radius 2 is 1.59 bits per heavy atom. The summed E-state index contributed by atoms with van der Waals surface area (Å²) in [7, 11) is 0. The van der Waals surface area contributed by atoms with E-state index in [-0.39, 0.29) is 5.41 Å². The Balaban J connectivity index is 1.63. The highest BCUT2D eigenvalue weighted by Gasteiger charge is 2.23. The molecule has 6 rings (SSSR count). The maximum absolute atomic E-state index is 6.47. The minimum absolute atomic E-state index is 0.0211. The largest absolute Gasteiger partial charge is 0.455 e. The third-order valence-corrected chi connectivity index (χ3v) is 7.69. The molecule has 0 amide bonds. The van der Waals surface area contributed by atoms with Crippen molar-refractivity contribution in [1.29, 1.82) is 0 Å². The molecular formula is C31H27NOS. The number of furan rings is 1. The van der Waals surface area contributed by atoms with E-state index < -0.39 is 0 Å². The van der Waals surface area contributed by atoms with Crippen molar-refractivity contribution in [2.24, 2.45) is 0 Å². The molecule has 3 aromatic carbocycles. The van der Waals surface area contributed by atoms with E-state index in [1.54, 1.807) is 11.3 Å². The number of benzene rings is 3. The first-order chi connectivity index (χ1) is 16.3.